The van der Waals surface area contributed by atoms with Gasteiger partial charge in [-0.15, -0.1) is 0 Å². The summed E-state index contributed by atoms with van der Waals surface area (Å²) in [6.45, 7) is 2.60. The Balaban J connectivity index is 1.36. The lowest BCUT2D eigenvalue weighted by molar-refractivity contribution is 0.249. The maximum Gasteiger partial charge on any atom is 0.174 e. The van der Waals surface area contributed by atoms with Gasteiger partial charge in [-0.25, -0.2) is 0 Å². The molecule has 1 saturated heterocycles. The highest BCUT2D eigenvalue weighted by atomic mass is 16.5. The quantitative estimate of drug-likeness (QED) is 0.752. The molecular weight excluding hydrogens is 312 g/mol. The van der Waals surface area contributed by atoms with Crippen molar-refractivity contribution in [3.05, 3.63) is 72.0 Å². The van der Waals surface area contributed by atoms with Gasteiger partial charge in [-0.1, -0.05) is 47.6 Å². The van der Waals surface area contributed by atoms with Crippen LogP contribution in [0.1, 0.15) is 30.1 Å². The van der Waals surface area contributed by atoms with Crippen molar-refractivity contribution in [2.24, 2.45) is 0 Å². The first kappa shape index (κ1) is 15.9. The Bertz CT molecular complexity index is 790. The average Bonchev–Trinajstić information content (AvgIpc) is 3.17. The van der Waals surface area contributed by atoms with Crippen LogP contribution in [0.3, 0.4) is 0 Å². The molecule has 0 radical (unpaired) electrons. The molecule has 0 amide bonds. The molecule has 1 aliphatic heterocycles. The van der Waals surface area contributed by atoms with Crippen molar-refractivity contribution in [1.29, 1.82) is 0 Å². The zero-order valence-electron chi connectivity index (χ0n) is 14.2. The molecule has 4 nitrogen and oxygen atoms in total. The highest BCUT2D eigenvalue weighted by Gasteiger charge is 2.15. The van der Waals surface area contributed by atoms with Gasteiger partial charge in [0.05, 0.1) is 0 Å². The minimum Gasteiger partial charge on any atom is -0.486 e. The van der Waals surface area contributed by atoms with Crippen LogP contribution in [0.25, 0.3) is 11.3 Å². The summed E-state index contributed by atoms with van der Waals surface area (Å²) in [5, 5.41) is 7.52. The maximum atomic E-state index is 5.84. The summed E-state index contributed by atoms with van der Waals surface area (Å²) in [7, 11) is 0. The fraction of sp³-hybridized carbons (Fsp3) is 0.286. The maximum absolute atomic E-state index is 5.84. The third-order valence-corrected chi connectivity index (χ3v) is 4.70. The number of benzene rings is 2. The van der Waals surface area contributed by atoms with E-state index in [1.807, 2.05) is 48.5 Å². The second-order valence-electron chi connectivity index (χ2n) is 6.43. The highest BCUT2D eigenvalue weighted by molar-refractivity contribution is 5.58. The van der Waals surface area contributed by atoms with E-state index in [9.17, 15) is 0 Å². The lowest BCUT2D eigenvalue weighted by Crippen LogP contribution is -2.26. The van der Waals surface area contributed by atoms with Gasteiger partial charge in [0.1, 0.15) is 18.1 Å². The molecule has 2 aromatic carbocycles. The van der Waals surface area contributed by atoms with Crippen LogP contribution in [-0.4, -0.2) is 18.2 Å². The Labute approximate surface area is 147 Å². The molecule has 3 aromatic rings. The van der Waals surface area contributed by atoms with Gasteiger partial charge < -0.3 is 14.6 Å². The van der Waals surface area contributed by atoms with Crippen molar-refractivity contribution < 1.29 is 9.26 Å². The third kappa shape index (κ3) is 3.91. The Morgan fingerprint density at radius 2 is 1.76 bits per heavy atom. The molecule has 4 rings (SSSR count). The lowest BCUT2D eigenvalue weighted by Gasteiger charge is -2.23. The molecule has 0 aliphatic carbocycles. The Morgan fingerprint density at radius 1 is 1.00 bits per heavy atom. The summed E-state index contributed by atoms with van der Waals surface area (Å²) in [5.74, 6) is 2.25. The first-order valence-corrected chi connectivity index (χ1v) is 8.83. The predicted octanol–water partition coefficient (Wildman–Crippen LogP) is 4.39. The summed E-state index contributed by atoms with van der Waals surface area (Å²) in [6.07, 6.45) is 2.42. The average molecular weight is 334 g/mol. The SMILES string of the molecule is c1ccc(-c2cc(COc3ccc(C4CCNCC4)cc3)on2)cc1. The van der Waals surface area contributed by atoms with Crippen molar-refractivity contribution >= 4 is 0 Å². The molecule has 0 unspecified atom stereocenters. The van der Waals surface area contributed by atoms with Crippen molar-refractivity contribution in [2.45, 2.75) is 25.4 Å². The number of rotatable bonds is 5. The number of aromatic nitrogens is 1. The predicted molar refractivity (Wildman–Crippen MR) is 97.6 cm³/mol. The molecular formula is C21H22N2O2. The van der Waals surface area contributed by atoms with Crippen LogP contribution in [0.2, 0.25) is 0 Å². The molecule has 0 spiro atoms. The molecule has 128 valence electrons. The van der Waals surface area contributed by atoms with Gasteiger partial charge in [-0.2, -0.15) is 0 Å². The monoisotopic (exact) mass is 334 g/mol. The topological polar surface area (TPSA) is 47.3 Å². The normalized spacial score (nSPS) is 15.2. The lowest BCUT2D eigenvalue weighted by atomic mass is 9.90. The fourth-order valence-corrected chi connectivity index (χ4v) is 3.27. The van der Waals surface area contributed by atoms with E-state index in [0.29, 0.717) is 12.5 Å². The van der Waals surface area contributed by atoms with Gasteiger partial charge in [-0.3, -0.25) is 0 Å². The van der Waals surface area contributed by atoms with Crippen molar-refractivity contribution in [3.8, 4) is 17.0 Å². The van der Waals surface area contributed by atoms with Crippen LogP contribution in [0.15, 0.2) is 65.2 Å². The first-order valence-electron chi connectivity index (χ1n) is 8.83. The molecule has 2 heterocycles. The number of hydrogen-bond acceptors (Lipinski definition) is 4. The third-order valence-electron chi connectivity index (χ3n) is 4.70. The van der Waals surface area contributed by atoms with E-state index in [1.165, 1.54) is 18.4 Å². The van der Waals surface area contributed by atoms with E-state index >= 15 is 0 Å². The van der Waals surface area contributed by atoms with Crippen LogP contribution in [-0.2, 0) is 6.61 Å². The minimum atomic E-state index is 0.381. The van der Waals surface area contributed by atoms with E-state index in [-0.39, 0.29) is 0 Å². The Hall–Kier alpha value is -2.59. The molecule has 0 atom stereocenters. The van der Waals surface area contributed by atoms with Crippen LogP contribution < -0.4 is 10.1 Å². The standard InChI is InChI=1S/C21H22N2O2/c1-2-4-18(5-3-1)21-14-20(25-23-21)15-24-19-8-6-16(7-9-19)17-10-12-22-13-11-17/h1-9,14,17,22H,10-13,15H2. The number of nitrogens with one attached hydrogen (secondary N) is 1. The van der Waals surface area contributed by atoms with Gasteiger partial charge in [0.15, 0.2) is 5.76 Å². The van der Waals surface area contributed by atoms with Crippen LogP contribution >= 0.6 is 0 Å². The van der Waals surface area contributed by atoms with Crippen molar-refractivity contribution in [1.82, 2.24) is 10.5 Å². The Morgan fingerprint density at radius 3 is 2.52 bits per heavy atom. The number of piperidine rings is 1. The van der Waals surface area contributed by atoms with Gasteiger partial charge >= 0.3 is 0 Å². The van der Waals surface area contributed by atoms with E-state index in [2.05, 4.69) is 22.6 Å². The zero-order chi connectivity index (χ0) is 16.9. The Kier molecular flexibility index (Phi) is 4.79. The molecule has 1 fully saturated rings. The van der Waals surface area contributed by atoms with Gasteiger partial charge in [0.25, 0.3) is 0 Å². The molecule has 4 heteroatoms. The number of hydrogen-bond donors (Lipinski definition) is 1. The molecule has 1 aromatic heterocycles. The smallest absolute Gasteiger partial charge is 0.174 e. The van der Waals surface area contributed by atoms with Crippen LogP contribution in [0.4, 0.5) is 0 Å². The van der Waals surface area contributed by atoms with Crippen LogP contribution in [0, 0.1) is 0 Å². The van der Waals surface area contributed by atoms with Gasteiger partial charge in [0, 0.05) is 11.6 Å². The van der Waals surface area contributed by atoms with E-state index in [0.717, 1.165) is 35.9 Å². The molecule has 1 aliphatic rings. The second-order valence-corrected chi connectivity index (χ2v) is 6.43. The highest BCUT2D eigenvalue weighted by Crippen LogP contribution is 2.27. The molecule has 1 N–H and O–H groups in total. The summed E-state index contributed by atoms with van der Waals surface area (Å²) in [6, 6.07) is 20.4. The van der Waals surface area contributed by atoms with E-state index in [1.54, 1.807) is 0 Å². The first-order chi connectivity index (χ1) is 12.4. The summed E-state index contributed by atoms with van der Waals surface area (Å²) in [4.78, 5) is 0. The minimum absolute atomic E-state index is 0.381. The van der Waals surface area contributed by atoms with Crippen LogP contribution in [0.5, 0.6) is 5.75 Å². The van der Waals surface area contributed by atoms with Gasteiger partial charge in [-0.05, 0) is 49.5 Å². The summed E-state index contributed by atoms with van der Waals surface area (Å²) < 4.78 is 11.2. The number of nitrogens with zero attached hydrogens (tertiary/aromatic N) is 1. The van der Waals surface area contributed by atoms with E-state index in [4.69, 9.17) is 9.26 Å². The molecule has 25 heavy (non-hydrogen) atoms. The van der Waals surface area contributed by atoms with E-state index < -0.39 is 0 Å². The molecule has 0 saturated carbocycles. The summed E-state index contributed by atoms with van der Waals surface area (Å²) >= 11 is 0. The fourth-order valence-electron chi connectivity index (χ4n) is 3.27. The second kappa shape index (κ2) is 7.53. The number of ether oxygens (including phenoxy) is 1. The zero-order valence-corrected chi connectivity index (χ0v) is 14.2. The largest absolute Gasteiger partial charge is 0.486 e. The van der Waals surface area contributed by atoms with Gasteiger partial charge in [0.2, 0.25) is 0 Å². The molecule has 0 bridgehead atoms. The summed E-state index contributed by atoms with van der Waals surface area (Å²) in [5.41, 5.74) is 3.28. The van der Waals surface area contributed by atoms with Crippen molar-refractivity contribution in [3.63, 3.8) is 0 Å². The van der Waals surface area contributed by atoms with Crippen molar-refractivity contribution in [2.75, 3.05) is 13.1 Å².